The van der Waals surface area contributed by atoms with Crippen molar-refractivity contribution in [2.45, 2.75) is 44.6 Å². The number of benzene rings is 1. The van der Waals surface area contributed by atoms with Gasteiger partial charge in [0.2, 0.25) is 11.8 Å². The third-order valence-electron chi connectivity index (χ3n) is 6.51. The molecule has 0 aromatic heterocycles. The molecule has 7 heteroatoms. The molecular weight excluding hydrogens is 382 g/mol. The highest BCUT2D eigenvalue weighted by Crippen LogP contribution is 2.30. The lowest BCUT2D eigenvalue weighted by Crippen LogP contribution is -2.51. The van der Waals surface area contributed by atoms with Crippen molar-refractivity contribution in [2.75, 3.05) is 44.3 Å². The van der Waals surface area contributed by atoms with Crippen molar-refractivity contribution in [2.24, 2.45) is 5.92 Å². The van der Waals surface area contributed by atoms with Crippen LogP contribution in [0.5, 0.6) is 0 Å². The number of para-hydroxylation sites is 1. The first-order valence-corrected chi connectivity index (χ1v) is 11.2. The molecule has 0 spiro atoms. The van der Waals surface area contributed by atoms with Crippen LogP contribution in [0.3, 0.4) is 0 Å². The smallest absolute Gasteiger partial charge is 0.257 e. The zero-order valence-corrected chi connectivity index (χ0v) is 17.5. The molecule has 3 fully saturated rings. The van der Waals surface area contributed by atoms with E-state index in [1.807, 2.05) is 18.2 Å². The molecule has 7 nitrogen and oxygen atoms in total. The van der Waals surface area contributed by atoms with Gasteiger partial charge in [-0.15, -0.1) is 0 Å². The molecule has 2 aliphatic heterocycles. The fourth-order valence-corrected chi connectivity index (χ4v) is 4.79. The molecule has 1 aliphatic carbocycles. The van der Waals surface area contributed by atoms with Gasteiger partial charge in [-0.25, -0.2) is 4.90 Å². The molecule has 0 N–H and O–H groups in total. The van der Waals surface area contributed by atoms with Crippen LogP contribution in [-0.4, -0.2) is 73.0 Å². The highest BCUT2D eigenvalue weighted by atomic mass is 16.5. The summed E-state index contributed by atoms with van der Waals surface area (Å²) in [5.41, 5.74) is 0.577. The molecule has 0 bridgehead atoms. The molecule has 0 radical (unpaired) electrons. The molecular formula is C23H31N3O4. The van der Waals surface area contributed by atoms with E-state index < -0.39 is 6.04 Å². The third-order valence-corrected chi connectivity index (χ3v) is 6.51. The topological polar surface area (TPSA) is 70.2 Å². The number of hydrogen-bond donors (Lipinski definition) is 0. The van der Waals surface area contributed by atoms with Gasteiger partial charge >= 0.3 is 0 Å². The minimum Gasteiger partial charge on any atom is -0.379 e. The molecule has 1 aromatic rings. The van der Waals surface area contributed by atoms with E-state index in [4.69, 9.17) is 4.74 Å². The number of nitrogens with zero attached hydrogens (tertiary/aromatic N) is 3. The van der Waals surface area contributed by atoms with Crippen molar-refractivity contribution in [1.29, 1.82) is 0 Å². The fourth-order valence-electron chi connectivity index (χ4n) is 4.79. The van der Waals surface area contributed by atoms with E-state index >= 15 is 0 Å². The third kappa shape index (κ3) is 4.57. The van der Waals surface area contributed by atoms with Crippen LogP contribution in [0, 0.1) is 5.92 Å². The first-order chi connectivity index (χ1) is 14.6. The van der Waals surface area contributed by atoms with E-state index in [-0.39, 0.29) is 30.1 Å². The molecule has 1 unspecified atom stereocenters. The maximum absolute atomic E-state index is 13.5. The van der Waals surface area contributed by atoms with Crippen LogP contribution in [0.25, 0.3) is 0 Å². The van der Waals surface area contributed by atoms with Gasteiger partial charge in [-0.2, -0.15) is 0 Å². The largest absolute Gasteiger partial charge is 0.379 e. The lowest BCUT2D eigenvalue weighted by Gasteiger charge is -2.35. The normalized spacial score (nSPS) is 23.7. The Morgan fingerprint density at radius 3 is 2.43 bits per heavy atom. The maximum atomic E-state index is 13.5. The first kappa shape index (κ1) is 21.0. The molecule has 1 saturated carbocycles. The van der Waals surface area contributed by atoms with Gasteiger partial charge in [-0.3, -0.25) is 19.3 Å². The molecule has 2 heterocycles. The van der Waals surface area contributed by atoms with Crippen LogP contribution in [0.1, 0.15) is 38.5 Å². The Hall–Kier alpha value is -2.25. The van der Waals surface area contributed by atoms with Gasteiger partial charge in [-0.05, 0) is 25.0 Å². The second-order valence-electron chi connectivity index (χ2n) is 8.44. The summed E-state index contributed by atoms with van der Waals surface area (Å²) in [5.74, 6) is -0.498. The second kappa shape index (κ2) is 9.71. The molecule has 3 amide bonds. The molecule has 1 aromatic carbocycles. The van der Waals surface area contributed by atoms with Crippen molar-refractivity contribution in [1.82, 2.24) is 9.80 Å². The highest BCUT2D eigenvalue weighted by molar-refractivity contribution is 6.23. The second-order valence-corrected chi connectivity index (χ2v) is 8.44. The predicted molar refractivity (Wildman–Crippen MR) is 113 cm³/mol. The van der Waals surface area contributed by atoms with Crippen LogP contribution >= 0.6 is 0 Å². The summed E-state index contributed by atoms with van der Waals surface area (Å²) < 4.78 is 5.42. The Bertz CT molecular complexity index is 757. The van der Waals surface area contributed by atoms with Crippen molar-refractivity contribution in [3.63, 3.8) is 0 Å². The van der Waals surface area contributed by atoms with Gasteiger partial charge in [0.1, 0.15) is 6.04 Å². The Morgan fingerprint density at radius 1 is 1.03 bits per heavy atom. The number of rotatable bonds is 6. The van der Waals surface area contributed by atoms with Crippen molar-refractivity contribution in [3.05, 3.63) is 30.3 Å². The van der Waals surface area contributed by atoms with Gasteiger partial charge in [0, 0.05) is 32.1 Å². The fraction of sp³-hybridized carbons (Fsp3) is 0.609. The number of hydrogen-bond acceptors (Lipinski definition) is 5. The van der Waals surface area contributed by atoms with E-state index in [9.17, 15) is 14.4 Å². The minimum atomic E-state index is -0.701. The van der Waals surface area contributed by atoms with Gasteiger partial charge in [0.25, 0.3) is 5.91 Å². The molecule has 3 aliphatic rings. The monoisotopic (exact) mass is 413 g/mol. The number of anilines is 1. The average Bonchev–Trinajstić information content (AvgIpc) is 3.09. The van der Waals surface area contributed by atoms with Gasteiger partial charge in [0.05, 0.1) is 25.3 Å². The van der Waals surface area contributed by atoms with Crippen LogP contribution in [0.15, 0.2) is 30.3 Å². The van der Waals surface area contributed by atoms with Crippen LogP contribution < -0.4 is 4.90 Å². The number of carbonyl (C=O) groups is 3. The SMILES string of the molecule is O=C1CC(N(CCN2CCOCC2)C(=O)C2CCCCC2)C(=O)N1c1ccccc1. The summed E-state index contributed by atoms with van der Waals surface area (Å²) in [5, 5.41) is 0. The Kier molecular flexibility index (Phi) is 6.79. The Morgan fingerprint density at radius 2 is 1.73 bits per heavy atom. The van der Waals surface area contributed by atoms with Gasteiger partial charge in [-0.1, -0.05) is 37.5 Å². The molecule has 4 rings (SSSR count). The van der Waals surface area contributed by atoms with E-state index in [0.29, 0.717) is 32.0 Å². The highest BCUT2D eigenvalue weighted by Gasteiger charge is 2.45. The summed E-state index contributed by atoms with van der Waals surface area (Å²) in [6.45, 7) is 4.23. The molecule has 162 valence electrons. The van der Waals surface area contributed by atoms with E-state index in [1.165, 1.54) is 11.3 Å². The average molecular weight is 414 g/mol. The van der Waals surface area contributed by atoms with Gasteiger partial charge in [0.15, 0.2) is 0 Å². The molecule has 30 heavy (non-hydrogen) atoms. The van der Waals surface area contributed by atoms with Crippen molar-refractivity contribution < 1.29 is 19.1 Å². The number of imide groups is 1. The van der Waals surface area contributed by atoms with E-state index in [2.05, 4.69) is 4.90 Å². The Balaban J connectivity index is 1.52. The van der Waals surface area contributed by atoms with E-state index in [0.717, 1.165) is 38.8 Å². The first-order valence-electron chi connectivity index (χ1n) is 11.2. The lowest BCUT2D eigenvalue weighted by molar-refractivity contribution is -0.143. The zero-order valence-electron chi connectivity index (χ0n) is 17.5. The summed E-state index contributed by atoms with van der Waals surface area (Å²) in [4.78, 5) is 44.7. The van der Waals surface area contributed by atoms with Crippen molar-refractivity contribution in [3.8, 4) is 0 Å². The summed E-state index contributed by atoms with van der Waals surface area (Å²) >= 11 is 0. The lowest BCUT2D eigenvalue weighted by atomic mass is 9.88. The summed E-state index contributed by atoms with van der Waals surface area (Å²) in [6, 6.07) is 8.30. The maximum Gasteiger partial charge on any atom is 0.257 e. The quantitative estimate of drug-likeness (QED) is 0.668. The number of carbonyl (C=O) groups excluding carboxylic acids is 3. The minimum absolute atomic E-state index is 0.0304. The van der Waals surface area contributed by atoms with Crippen LogP contribution in [0.2, 0.25) is 0 Å². The van der Waals surface area contributed by atoms with Crippen LogP contribution in [0.4, 0.5) is 5.69 Å². The number of amides is 3. The standard InChI is InChI=1S/C23H31N3O4/c27-21-17-20(23(29)26(21)19-9-5-2-6-10-19)25(12-11-24-13-15-30-16-14-24)22(28)18-7-3-1-4-8-18/h2,5-6,9-10,18,20H,1,3-4,7-8,11-17H2. The van der Waals surface area contributed by atoms with Crippen molar-refractivity contribution >= 4 is 23.4 Å². The molecule has 1 atom stereocenters. The summed E-state index contributed by atoms with van der Waals surface area (Å²) in [6.07, 6.45) is 5.10. The number of ether oxygens (including phenoxy) is 1. The summed E-state index contributed by atoms with van der Waals surface area (Å²) in [7, 11) is 0. The Labute approximate surface area is 177 Å². The van der Waals surface area contributed by atoms with Crippen LogP contribution in [-0.2, 0) is 19.1 Å². The number of morpholine rings is 1. The molecule has 2 saturated heterocycles. The van der Waals surface area contributed by atoms with Gasteiger partial charge < -0.3 is 9.64 Å². The predicted octanol–water partition coefficient (Wildman–Crippen LogP) is 2.06. The zero-order chi connectivity index (χ0) is 20.9. The van der Waals surface area contributed by atoms with E-state index in [1.54, 1.807) is 17.0 Å².